The molecule has 0 aromatic heterocycles. The van der Waals surface area contributed by atoms with Crippen molar-refractivity contribution in [2.45, 2.75) is 82.1 Å². The minimum Gasteiger partial charge on any atom is -0.394 e. The topological polar surface area (TPSA) is 99.4 Å². The Morgan fingerprint density at radius 2 is 1.39 bits per heavy atom. The number of rotatable bonds is 12. The van der Waals surface area contributed by atoms with Gasteiger partial charge in [0.25, 0.3) is 0 Å². The van der Waals surface area contributed by atoms with Crippen LogP contribution in [0, 0.1) is 0 Å². The van der Waals surface area contributed by atoms with Crippen LogP contribution in [0.4, 0.5) is 0 Å². The van der Waals surface area contributed by atoms with E-state index in [1.165, 1.54) is 25.7 Å². The maximum Gasteiger partial charge on any atom is 0.184 e. The molecule has 0 radical (unpaired) electrons. The summed E-state index contributed by atoms with van der Waals surface area (Å²) >= 11 is 5.62. The Hall–Kier alpha value is 0.0500. The molecule has 138 valence electrons. The molecule has 0 unspecified atom stereocenters. The Bertz CT molecular complexity index is 294. The third-order valence-corrected chi connectivity index (χ3v) is 4.45. The summed E-state index contributed by atoms with van der Waals surface area (Å²) in [6, 6.07) is 0. The average Bonchev–Trinajstić information content (AvgIpc) is 2.55. The first-order chi connectivity index (χ1) is 11.1. The average molecular weight is 355 g/mol. The van der Waals surface area contributed by atoms with Crippen LogP contribution in [0.2, 0.25) is 0 Å². The summed E-state index contributed by atoms with van der Waals surface area (Å²) in [7, 11) is 0. The summed E-state index contributed by atoms with van der Waals surface area (Å²) < 4.78 is 10.4. The van der Waals surface area contributed by atoms with E-state index >= 15 is 0 Å². The third kappa shape index (κ3) is 7.65. The number of halogens is 1. The SMILES string of the molecule is OC[C@H]1O[C@@H](O)[C@H](O)[C@@H](OCCCCCCCCCCCl)[C@@H]1O. The van der Waals surface area contributed by atoms with Crippen molar-refractivity contribution in [3.63, 3.8) is 0 Å². The third-order valence-electron chi connectivity index (χ3n) is 4.18. The molecule has 4 N–H and O–H groups in total. The van der Waals surface area contributed by atoms with Crippen LogP contribution < -0.4 is 0 Å². The smallest absolute Gasteiger partial charge is 0.184 e. The van der Waals surface area contributed by atoms with Crippen LogP contribution in [0.25, 0.3) is 0 Å². The summed E-state index contributed by atoms with van der Waals surface area (Å²) in [5, 5.41) is 38.4. The summed E-state index contributed by atoms with van der Waals surface area (Å²) in [6.07, 6.45) is 3.12. The highest BCUT2D eigenvalue weighted by molar-refractivity contribution is 6.17. The first-order valence-corrected chi connectivity index (χ1v) is 9.13. The molecule has 0 bridgehead atoms. The fourth-order valence-corrected chi connectivity index (χ4v) is 2.93. The Balaban J connectivity index is 2.09. The second-order valence-corrected chi connectivity index (χ2v) is 6.46. The zero-order chi connectivity index (χ0) is 17.1. The van der Waals surface area contributed by atoms with Crippen molar-refractivity contribution in [1.82, 2.24) is 0 Å². The molecule has 1 saturated heterocycles. The lowest BCUT2D eigenvalue weighted by Crippen LogP contribution is -2.59. The first kappa shape index (κ1) is 21.1. The summed E-state index contributed by atoms with van der Waals surface area (Å²) in [5.41, 5.74) is 0. The quantitative estimate of drug-likeness (QED) is 0.310. The highest BCUT2D eigenvalue weighted by Gasteiger charge is 2.44. The summed E-state index contributed by atoms with van der Waals surface area (Å²) in [5.74, 6) is 0.743. The van der Waals surface area contributed by atoms with Crippen LogP contribution in [0.1, 0.15) is 51.4 Å². The van der Waals surface area contributed by atoms with Gasteiger partial charge in [0, 0.05) is 12.5 Å². The van der Waals surface area contributed by atoms with Gasteiger partial charge in [0.1, 0.15) is 24.4 Å². The Morgan fingerprint density at radius 1 is 0.826 bits per heavy atom. The maximum atomic E-state index is 9.97. The van der Waals surface area contributed by atoms with Gasteiger partial charge in [-0.3, -0.25) is 0 Å². The molecular formula is C16H31ClO6. The van der Waals surface area contributed by atoms with Crippen LogP contribution in [0.3, 0.4) is 0 Å². The van der Waals surface area contributed by atoms with Gasteiger partial charge in [-0.1, -0.05) is 38.5 Å². The van der Waals surface area contributed by atoms with Crippen LogP contribution in [-0.4, -0.2) is 70.2 Å². The number of unbranched alkanes of at least 4 members (excludes halogenated alkanes) is 7. The molecule has 1 heterocycles. The van der Waals surface area contributed by atoms with Gasteiger partial charge in [-0.25, -0.2) is 0 Å². The predicted octanol–water partition coefficient (Wildman–Crippen LogP) is 1.16. The van der Waals surface area contributed by atoms with Crippen LogP contribution in [-0.2, 0) is 9.47 Å². The number of hydrogen-bond donors (Lipinski definition) is 4. The molecule has 1 aliphatic heterocycles. The van der Waals surface area contributed by atoms with Gasteiger partial charge >= 0.3 is 0 Å². The molecule has 1 fully saturated rings. The van der Waals surface area contributed by atoms with Gasteiger partial charge in [-0.2, -0.15) is 0 Å². The minimum absolute atomic E-state index is 0.399. The van der Waals surface area contributed by atoms with E-state index in [0.29, 0.717) is 6.61 Å². The molecule has 1 aliphatic rings. The first-order valence-electron chi connectivity index (χ1n) is 8.60. The second-order valence-electron chi connectivity index (χ2n) is 6.08. The molecule has 0 spiro atoms. The number of aliphatic hydroxyl groups excluding tert-OH is 4. The van der Waals surface area contributed by atoms with Gasteiger partial charge < -0.3 is 29.9 Å². The molecule has 0 aromatic carbocycles. The van der Waals surface area contributed by atoms with E-state index in [9.17, 15) is 15.3 Å². The monoisotopic (exact) mass is 354 g/mol. The fraction of sp³-hybridized carbons (Fsp3) is 1.00. The van der Waals surface area contributed by atoms with E-state index in [1.807, 2.05) is 0 Å². The highest BCUT2D eigenvalue weighted by Crippen LogP contribution is 2.22. The van der Waals surface area contributed by atoms with Crippen molar-refractivity contribution in [1.29, 1.82) is 0 Å². The minimum atomic E-state index is -1.45. The Labute approximate surface area is 143 Å². The Kier molecular flexibility index (Phi) is 11.4. The zero-order valence-electron chi connectivity index (χ0n) is 13.6. The number of hydrogen-bond acceptors (Lipinski definition) is 6. The van der Waals surface area contributed by atoms with E-state index < -0.39 is 37.3 Å². The Morgan fingerprint density at radius 3 is 1.96 bits per heavy atom. The van der Waals surface area contributed by atoms with Crippen molar-refractivity contribution in [2.75, 3.05) is 19.1 Å². The van der Waals surface area contributed by atoms with Gasteiger partial charge in [0.15, 0.2) is 6.29 Å². The summed E-state index contributed by atoms with van der Waals surface area (Å²) in [6.45, 7) is -0.0373. The molecule has 0 saturated carbocycles. The van der Waals surface area contributed by atoms with Crippen molar-refractivity contribution in [2.24, 2.45) is 0 Å². The van der Waals surface area contributed by atoms with Crippen molar-refractivity contribution in [3.05, 3.63) is 0 Å². The fourth-order valence-electron chi connectivity index (χ4n) is 2.74. The van der Waals surface area contributed by atoms with Gasteiger partial charge in [0.2, 0.25) is 0 Å². The lowest BCUT2D eigenvalue weighted by Gasteiger charge is -2.39. The normalized spacial score (nSPS) is 31.4. The second kappa shape index (κ2) is 12.4. The molecule has 23 heavy (non-hydrogen) atoms. The number of ether oxygens (including phenoxy) is 2. The molecule has 0 aromatic rings. The lowest BCUT2D eigenvalue weighted by atomic mass is 9.99. The standard InChI is InChI=1S/C16H31ClO6/c17-9-7-5-3-1-2-4-6-8-10-22-15-13(19)12(11-18)23-16(21)14(15)20/h12-16,18-21H,1-11H2/t12-,13-,14-,15+,16-/m1/s1. The van der Waals surface area contributed by atoms with Crippen LogP contribution in [0.5, 0.6) is 0 Å². The highest BCUT2D eigenvalue weighted by atomic mass is 35.5. The van der Waals surface area contributed by atoms with Gasteiger partial charge in [0.05, 0.1) is 6.61 Å². The van der Waals surface area contributed by atoms with Crippen molar-refractivity contribution >= 4 is 11.6 Å². The molecule has 6 nitrogen and oxygen atoms in total. The lowest BCUT2D eigenvalue weighted by molar-refractivity contribution is -0.294. The molecule has 0 aliphatic carbocycles. The molecule has 5 atom stereocenters. The van der Waals surface area contributed by atoms with E-state index in [1.54, 1.807) is 0 Å². The predicted molar refractivity (Wildman–Crippen MR) is 87.4 cm³/mol. The molecule has 7 heteroatoms. The van der Waals surface area contributed by atoms with Crippen molar-refractivity contribution < 1.29 is 29.9 Å². The summed E-state index contributed by atoms with van der Waals surface area (Å²) in [4.78, 5) is 0. The number of aliphatic hydroxyl groups is 4. The maximum absolute atomic E-state index is 9.97. The van der Waals surface area contributed by atoms with E-state index in [2.05, 4.69) is 0 Å². The van der Waals surface area contributed by atoms with E-state index in [-0.39, 0.29) is 0 Å². The van der Waals surface area contributed by atoms with Crippen LogP contribution >= 0.6 is 11.6 Å². The van der Waals surface area contributed by atoms with Crippen LogP contribution in [0.15, 0.2) is 0 Å². The molecule has 1 rings (SSSR count). The number of alkyl halides is 1. The van der Waals surface area contributed by atoms with E-state index in [4.69, 9.17) is 26.2 Å². The van der Waals surface area contributed by atoms with E-state index in [0.717, 1.165) is 31.6 Å². The molecule has 0 amide bonds. The van der Waals surface area contributed by atoms with Gasteiger partial charge in [-0.05, 0) is 12.8 Å². The van der Waals surface area contributed by atoms with Crippen molar-refractivity contribution in [3.8, 4) is 0 Å². The molecular weight excluding hydrogens is 324 g/mol. The zero-order valence-corrected chi connectivity index (χ0v) is 14.4. The largest absolute Gasteiger partial charge is 0.394 e. The van der Waals surface area contributed by atoms with Gasteiger partial charge in [-0.15, -0.1) is 11.6 Å².